The maximum Gasteiger partial charge on any atom is 0.332 e. The standard InChI is InChI=1S/C17H19NO3/c1-12-7-6-8-13(11-12)16(17(19)21-3)18-14-9-4-5-10-15(14)20-2/h4-11,16,18H,1-3H3. The third-order valence-corrected chi connectivity index (χ3v) is 3.22. The molecule has 0 amide bonds. The second-order valence-corrected chi connectivity index (χ2v) is 4.71. The molecule has 0 fully saturated rings. The first-order valence-corrected chi connectivity index (χ1v) is 6.69. The third kappa shape index (κ3) is 3.54. The lowest BCUT2D eigenvalue weighted by atomic mass is 10.0. The molecule has 1 unspecified atom stereocenters. The summed E-state index contributed by atoms with van der Waals surface area (Å²) in [6, 6.07) is 14.7. The Morgan fingerprint density at radius 2 is 1.86 bits per heavy atom. The molecule has 0 saturated heterocycles. The number of nitrogens with one attached hydrogen (secondary N) is 1. The van der Waals surface area contributed by atoms with Crippen LogP contribution in [0, 0.1) is 6.92 Å². The van der Waals surface area contributed by atoms with E-state index >= 15 is 0 Å². The molecular formula is C17H19NO3. The van der Waals surface area contributed by atoms with Gasteiger partial charge in [-0.05, 0) is 24.6 Å². The first kappa shape index (κ1) is 14.9. The van der Waals surface area contributed by atoms with Crippen molar-refractivity contribution in [1.82, 2.24) is 0 Å². The summed E-state index contributed by atoms with van der Waals surface area (Å²) in [5, 5.41) is 3.19. The van der Waals surface area contributed by atoms with Gasteiger partial charge in [0.1, 0.15) is 5.75 Å². The van der Waals surface area contributed by atoms with E-state index in [1.165, 1.54) is 7.11 Å². The molecule has 0 aliphatic carbocycles. The van der Waals surface area contributed by atoms with Crippen molar-refractivity contribution in [3.8, 4) is 5.75 Å². The quantitative estimate of drug-likeness (QED) is 0.856. The Bertz CT molecular complexity index is 625. The molecule has 110 valence electrons. The van der Waals surface area contributed by atoms with Crippen molar-refractivity contribution in [3.05, 3.63) is 59.7 Å². The molecule has 0 aliphatic rings. The SMILES string of the molecule is COC(=O)C(Nc1ccccc1OC)c1cccc(C)c1. The van der Waals surface area contributed by atoms with E-state index < -0.39 is 6.04 Å². The number of aryl methyl sites for hydroxylation is 1. The van der Waals surface area contributed by atoms with Crippen LogP contribution < -0.4 is 10.1 Å². The summed E-state index contributed by atoms with van der Waals surface area (Å²) in [5.41, 5.74) is 2.69. The van der Waals surface area contributed by atoms with Gasteiger partial charge in [-0.1, -0.05) is 42.0 Å². The molecule has 0 bridgehead atoms. The van der Waals surface area contributed by atoms with Crippen molar-refractivity contribution in [2.75, 3.05) is 19.5 Å². The fourth-order valence-electron chi connectivity index (χ4n) is 2.17. The second kappa shape index (κ2) is 6.79. The number of carbonyl (C=O) groups is 1. The minimum Gasteiger partial charge on any atom is -0.495 e. The third-order valence-electron chi connectivity index (χ3n) is 3.22. The summed E-state index contributed by atoms with van der Waals surface area (Å²) >= 11 is 0. The summed E-state index contributed by atoms with van der Waals surface area (Å²) in [6.07, 6.45) is 0. The molecule has 1 atom stereocenters. The van der Waals surface area contributed by atoms with Crippen LogP contribution >= 0.6 is 0 Å². The van der Waals surface area contributed by atoms with Crippen LogP contribution in [0.3, 0.4) is 0 Å². The van der Waals surface area contributed by atoms with Crippen molar-refractivity contribution in [1.29, 1.82) is 0 Å². The molecule has 0 saturated carbocycles. The molecule has 2 rings (SSSR count). The van der Waals surface area contributed by atoms with Crippen molar-refractivity contribution >= 4 is 11.7 Å². The van der Waals surface area contributed by atoms with E-state index in [0.29, 0.717) is 5.75 Å². The van der Waals surface area contributed by atoms with Gasteiger partial charge < -0.3 is 14.8 Å². The Balaban J connectivity index is 2.35. The summed E-state index contributed by atoms with van der Waals surface area (Å²) < 4.78 is 10.2. The second-order valence-electron chi connectivity index (χ2n) is 4.71. The highest BCUT2D eigenvalue weighted by atomic mass is 16.5. The first-order valence-electron chi connectivity index (χ1n) is 6.69. The Morgan fingerprint density at radius 3 is 2.52 bits per heavy atom. The number of rotatable bonds is 5. The number of carbonyl (C=O) groups excluding carboxylic acids is 1. The molecule has 0 spiro atoms. The van der Waals surface area contributed by atoms with Crippen LogP contribution in [0.5, 0.6) is 5.75 Å². The number of methoxy groups -OCH3 is 2. The highest BCUT2D eigenvalue weighted by Gasteiger charge is 2.22. The summed E-state index contributed by atoms with van der Waals surface area (Å²) in [5.74, 6) is 0.338. The van der Waals surface area contributed by atoms with Gasteiger partial charge in [0, 0.05) is 0 Å². The van der Waals surface area contributed by atoms with Crippen LogP contribution in [-0.4, -0.2) is 20.2 Å². The van der Waals surface area contributed by atoms with Crippen LogP contribution in [0.15, 0.2) is 48.5 Å². The van der Waals surface area contributed by atoms with Gasteiger partial charge in [0.05, 0.1) is 19.9 Å². The fraction of sp³-hybridized carbons (Fsp3) is 0.235. The van der Waals surface area contributed by atoms with Crippen LogP contribution in [-0.2, 0) is 9.53 Å². The number of para-hydroxylation sites is 2. The minimum atomic E-state index is -0.578. The van der Waals surface area contributed by atoms with Gasteiger partial charge in [-0.25, -0.2) is 4.79 Å². The highest BCUT2D eigenvalue weighted by molar-refractivity contribution is 5.81. The van der Waals surface area contributed by atoms with Crippen LogP contribution in [0.25, 0.3) is 0 Å². The monoisotopic (exact) mass is 285 g/mol. The van der Waals surface area contributed by atoms with Crippen molar-refractivity contribution in [2.45, 2.75) is 13.0 Å². The minimum absolute atomic E-state index is 0.341. The van der Waals surface area contributed by atoms with Gasteiger partial charge in [0.2, 0.25) is 0 Å². The van der Waals surface area contributed by atoms with E-state index in [4.69, 9.17) is 9.47 Å². The average molecular weight is 285 g/mol. The van der Waals surface area contributed by atoms with Crippen LogP contribution in [0.4, 0.5) is 5.69 Å². The van der Waals surface area contributed by atoms with E-state index in [2.05, 4.69) is 5.32 Å². The molecule has 2 aromatic carbocycles. The highest BCUT2D eigenvalue weighted by Crippen LogP contribution is 2.28. The number of anilines is 1. The van der Waals surface area contributed by atoms with E-state index in [1.807, 2.05) is 55.5 Å². The van der Waals surface area contributed by atoms with E-state index in [0.717, 1.165) is 16.8 Å². The van der Waals surface area contributed by atoms with Gasteiger partial charge in [0.25, 0.3) is 0 Å². The smallest absolute Gasteiger partial charge is 0.332 e. The lowest BCUT2D eigenvalue weighted by Gasteiger charge is -2.20. The zero-order chi connectivity index (χ0) is 15.2. The summed E-state index contributed by atoms with van der Waals surface area (Å²) in [7, 11) is 2.98. The molecule has 0 aliphatic heterocycles. The normalized spacial score (nSPS) is 11.6. The van der Waals surface area contributed by atoms with Crippen LogP contribution in [0.2, 0.25) is 0 Å². The number of ether oxygens (including phenoxy) is 2. The van der Waals surface area contributed by atoms with Crippen molar-refractivity contribution in [2.24, 2.45) is 0 Å². The van der Waals surface area contributed by atoms with E-state index in [-0.39, 0.29) is 5.97 Å². The number of esters is 1. The zero-order valence-electron chi connectivity index (χ0n) is 12.4. The zero-order valence-corrected chi connectivity index (χ0v) is 12.4. The van der Waals surface area contributed by atoms with Crippen molar-refractivity contribution in [3.63, 3.8) is 0 Å². The molecule has 4 heteroatoms. The van der Waals surface area contributed by atoms with Crippen molar-refractivity contribution < 1.29 is 14.3 Å². The molecule has 4 nitrogen and oxygen atoms in total. The lowest BCUT2D eigenvalue weighted by Crippen LogP contribution is -2.22. The van der Waals surface area contributed by atoms with Crippen LogP contribution in [0.1, 0.15) is 17.2 Å². The Hall–Kier alpha value is -2.49. The molecular weight excluding hydrogens is 266 g/mol. The molecule has 1 N–H and O–H groups in total. The van der Waals surface area contributed by atoms with Gasteiger partial charge in [-0.15, -0.1) is 0 Å². The fourth-order valence-corrected chi connectivity index (χ4v) is 2.17. The number of hydrogen-bond acceptors (Lipinski definition) is 4. The summed E-state index contributed by atoms with van der Waals surface area (Å²) in [4.78, 5) is 12.1. The number of benzene rings is 2. The first-order chi connectivity index (χ1) is 10.2. The molecule has 2 aromatic rings. The molecule has 0 heterocycles. The maximum absolute atomic E-state index is 12.1. The van der Waals surface area contributed by atoms with Gasteiger partial charge in [0.15, 0.2) is 6.04 Å². The summed E-state index contributed by atoms with van der Waals surface area (Å²) in [6.45, 7) is 1.99. The Labute approximate surface area is 124 Å². The number of hydrogen-bond donors (Lipinski definition) is 1. The maximum atomic E-state index is 12.1. The van der Waals surface area contributed by atoms with E-state index in [1.54, 1.807) is 7.11 Å². The molecule has 0 aromatic heterocycles. The van der Waals surface area contributed by atoms with Gasteiger partial charge in [-0.2, -0.15) is 0 Å². The van der Waals surface area contributed by atoms with E-state index in [9.17, 15) is 4.79 Å². The topological polar surface area (TPSA) is 47.6 Å². The predicted octanol–water partition coefficient (Wildman–Crippen LogP) is 3.33. The lowest BCUT2D eigenvalue weighted by molar-refractivity contribution is -0.141. The molecule has 0 radical (unpaired) electrons. The van der Waals surface area contributed by atoms with Gasteiger partial charge >= 0.3 is 5.97 Å². The Morgan fingerprint density at radius 1 is 1.10 bits per heavy atom. The largest absolute Gasteiger partial charge is 0.495 e. The molecule has 21 heavy (non-hydrogen) atoms. The predicted molar refractivity (Wildman–Crippen MR) is 82.6 cm³/mol. The average Bonchev–Trinajstić information content (AvgIpc) is 2.52. The Kier molecular flexibility index (Phi) is 4.82. The van der Waals surface area contributed by atoms with Gasteiger partial charge in [-0.3, -0.25) is 0 Å².